The SMILES string of the molecule is CCC(CC(C)c1ccc(B(O)O)cc1)C(=O)O.CCC(CC(C)c1ccc(B(O)O)cc1)C(=O)O.CCC(CC(C)c1ccc(B(O)O)cc1)C(=O)O.CCC(CC(CC(C)c1ccc(B(O)O)cc1)C(=O)O)C(=O)OCCOC.CCC(CC(CC(C)c1ccc(B(O)O)cc1)C(=O)O)C(=O)OCCOC.[Na+].[Na+].[Na+].[Na+].[Na+]. The van der Waals surface area contributed by atoms with Gasteiger partial charge in [0.1, 0.15) is 13.2 Å². The van der Waals surface area contributed by atoms with Gasteiger partial charge in [0.2, 0.25) is 0 Å². The molecule has 0 aliphatic rings. The maximum Gasteiger partial charge on any atom is 1.00 e. The van der Waals surface area contributed by atoms with Crippen molar-refractivity contribution in [3.05, 3.63) is 149 Å². The quantitative estimate of drug-likeness (QED) is 0.00980. The predicted octanol–water partition coefficient (Wildman–Crippen LogP) is -9.73. The maximum atomic E-state index is 12.1. The van der Waals surface area contributed by atoms with Crippen molar-refractivity contribution >= 4 is 105 Å². The van der Waals surface area contributed by atoms with Crippen molar-refractivity contribution in [1.29, 1.82) is 0 Å². The molecule has 113 heavy (non-hydrogen) atoms. The average molecular weight is 1630 g/mol. The molecule has 0 aliphatic carbocycles. The number of carbonyl (C=O) groups excluding carboxylic acids is 2. The van der Waals surface area contributed by atoms with Gasteiger partial charge in [-0.1, -0.05) is 191 Å². The molecule has 0 aromatic heterocycles. The van der Waals surface area contributed by atoms with Crippen LogP contribution in [0.1, 0.15) is 204 Å². The van der Waals surface area contributed by atoms with Crippen molar-refractivity contribution in [2.45, 2.75) is 176 Å². The van der Waals surface area contributed by atoms with Crippen molar-refractivity contribution in [1.82, 2.24) is 0 Å². The monoisotopic (exact) mass is 1630 g/mol. The number of benzene rings is 5. The third-order valence-electron chi connectivity index (χ3n) is 19.3. The van der Waals surface area contributed by atoms with Crippen molar-refractivity contribution in [3.8, 4) is 0 Å². The van der Waals surface area contributed by atoms with E-state index in [1.807, 2.05) is 106 Å². The number of ether oxygens (including phenoxy) is 4. The van der Waals surface area contributed by atoms with Crippen LogP contribution in [0.3, 0.4) is 0 Å². The zero-order valence-electron chi connectivity index (χ0n) is 69.4. The van der Waals surface area contributed by atoms with E-state index in [-0.39, 0.29) is 221 Å². The van der Waals surface area contributed by atoms with Gasteiger partial charge in [-0.15, -0.1) is 0 Å². The van der Waals surface area contributed by atoms with Crippen molar-refractivity contribution < 1.29 is 276 Å². The van der Waals surface area contributed by atoms with Gasteiger partial charge in [-0.3, -0.25) is 33.6 Å². The van der Waals surface area contributed by atoms with Crippen LogP contribution in [-0.4, -0.2) is 194 Å². The summed E-state index contributed by atoms with van der Waals surface area (Å²) in [5, 5.41) is 137. The van der Waals surface area contributed by atoms with Crippen LogP contribution in [0.2, 0.25) is 0 Å². The molecule has 12 unspecified atom stereocenters. The Kier molecular flexibility index (Phi) is 69.4. The van der Waals surface area contributed by atoms with Gasteiger partial charge in [-0.2, -0.15) is 0 Å². The summed E-state index contributed by atoms with van der Waals surface area (Å²) in [6.45, 7) is 20.0. The number of methoxy groups -OCH3 is 2. The molecule has 0 saturated carbocycles. The molecule has 0 spiro atoms. The minimum Gasteiger partial charge on any atom is -0.481 e. The van der Waals surface area contributed by atoms with Crippen LogP contribution in [0.25, 0.3) is 0 Å². The minimum atomic E-state index is -1.53. The first-order chi connectivity index (χ1) is 50.9. The van der Waals surface area contributed by atoms with E-state index in [9.17, 15) is 43.8 Å². The Bertz CT molecular complexity index is 3100. The Hall–Kier alpha value is -2.77. The van der Waals surface area contributed by atoms with Crippen LogP contribution in [0.15, 0.2) is 121 Å². The molecular formula is C77H115B5Na5O26+5. The van der Waals surface area contributed by atoms with Crippen LogP contribution in [0.4, 0.5) is 0 Å². The molecule has 26 nitrogen and oxygen atoms in total. The first kappa shape index (κ1) is 119. The molecule has 594 valence electrons. The Morgan fingerprint density at radius 3 is 0.558 bits per heavy atom. The number of hydrogen-bond donors (Lipinski definition) is 15. The number of carbonyl (C=O) groups is 7. The second-order valence-corrected chi connectivity index (χ2v) is 27.3. The summed E-state index contributed by atoms with van der Waals surface area (Å²) in [7, 11) is -4.42. The number of rotatable bonds is 42. The van der Waals surface area contributed by atoms with Crippen LogP contribution in [-0.2, 0) is 52.5 Å². The number of carboxylic acids is 5. The van der Waals surface area contributed by atoms with Crippen LogP contribution in [0, 0.1) is 41.4 Å². The number of esters is 2. The predicted molar refractivity (Wildman–Crippen MR) is 415 cm³/mol. The smallest absolute Gasteiger partial charge is 0.481 e. The van der Waals surface area contributed by atoms with Gasteiger partial charge < -0.3 is 94.7 Å². The molecule has 0 amide bonds. The summed E-state index contributed by atoms with van der Waals surface area (Å²) in [6.07, 6.45) is 5.82. The second kappa shape index (κ2) is 66.0. The van der Waals surface area contributed by atoms with Gasteiger partial charge in [0.15, 0.2) is 0 Å². The van der Waals surface area contributed by atoms with Crippen LogP contribution >= 0.6 is 0 Å². The molecule has 15 N–H and O–H groups in total. The van der Waals surface area contributed by atoms with Crippen molar-refractivity contribution in [2.75, 3.05) is 40.6 Å². The van der Waals surface area contributed by atoms with E-state index in [0.717, 1.165) is 27.8 Å². The van der Waals surface area contributed by atoms with E-state index in [1.54, 1.807) is 84.9 Å². The van der Waals surface area contributed by atoms with E-state index in [1.165, 1.54) is 14.2 Å². The standard InChI is InChI=1S/2C19H29BO7.3C13H19BO4.5Na/c2*1-4-14(19(23)27-10-9-26-3)12-16(18(21)22)11-13(2)15-5-7-17(8-6-15)20(24)25;3*1-3-10(13(15)16)8-9(2)11-4-6-12(7-5-11)14(17)18;;;;;/h2*5-8,13-14,16,24-25H,4,9-12H2,1-3H3,(H,21,22);3*4-7,9-10,17-18H,3,8H2,1-2H3,(H,15,16);;;;;/q;;;;;5*+1. The molecule has 0 fully saturated rings. The van der Waals surface area contributed by atoms with E-state index >= 15 is 0 Å². The van der Waals surface area contributed by atoms with Gasteiger partial charge in [-0.05, 0) is 162 Å². The Balaban J connectivity index is -0.000000431. The van der Waals surface area contributed by atoms with E-state index in [0.29, 0.717) is 105 Å². The second-order valence-electron chi connectivity index (χ2n) is 27.3. The van der Waals surface area contributed by atoms with E-state index in [4.69, 9.17) is 84.5 Å². The minimum absolute atomic E-state index is 0. The number of aliphatic carboxylic acids is 5. The Labute approximate surface area is 779 Å². The van der Waals surface area contributed by atoms with Crippen LogP contribution < -0.4 is 175 Å². The van der Waals surface area contributed by atoms with Gasteiger partial charge in [-0.25, -0.2) is 0 Å². The molecule has 0 radical (unpaired) electrons. The molecule has 36 heteroatoms. The zero-order valence-corrected chi connectivity index (χ0v) is 79.4. The van der Waals surface area contributed by atoms with Gasteiger partial charge in [0.05, 0.1) is 54.6 Å². The third-order valence-corrected chi connectivity index (χ3v) is 19.3. The Morgan fingerprint density at radius 2 is 0.425 bits per heavy atom. The molecule has 0 heterocycles. The third kappa shape index (κ3) is 47.1. The molecule has 5 rings (SSSR count). The van der Waals surface area contributed by atoms with Gasteiger partial charge in [0, 0.05) is 14.2 Å². The molecule has 0 saturated heterocycles. The summed E-state index contributed by atoms with van der Waals surface area (Å²) >= 11 is 0. The summed E-state index contributed by atoms with van der Waals surface area (Å²) in [5.74, 6) is -7.93. The maximum absolute atomic E-state index is 12.1. The normalized spacial score (nSPS) is 13.5. The number of carboxylic acid groups (broad SMARTS) is 5. The zero-order chi connectivity index (χ0) is 81.9. The fourth-order valence-corrected chi connectivity index (χ4v) is 12.0. The average Bonchev–Trinajstić information content (AvgIpc) is 0.897. The molecule has 0 bridgehead atoms. The topological polar surface area (TPSA) is 460 Å². The largest absolute Gasteiger partial charge is 1.00 e. The van der Waals surface area contributed by atoms with E-state index < -0.39 is 101 Å². The van der Waals surface area contributed by atoms with Gasteiger partial charge in [0.25, 0.3) is 0 Å². The first-order valence-electron chi connectivity index (χ1n) is 36.7. The summed E-state index contributed by atoms with van der Waals surface area (Å²) in [4.78, 5) is 80.6. The molecule has 0 aliphatic heterocycles. The van der Waals surface area contributed by atoms with Crippen LogP contribution in [0.5, 0.6) is 0 Å². The van der Waals surface area contributed by atoms with Crippen molar-refractivity contribution in [2.24, 2.45) is 41.4 Å². The Morgan fingerprint density at radius 1 is 0.265 bits per heavy atom. The molecule has 12 atom stereocenters. The first-order valence-corrected chi connectivity index (χ1v) is 36.7. The molecule has 5 aromatic carbocycles. The summed E-state index contributed by atoms with van der Waals surface area (Å²) < 4.78 is 20.0. The summed E-state index contributed by atoms with van der Waals surface area (Å²) in [5.41, 5.74) is 6.93. The summed E-state index contributed by atoms with van der Waals surface area (Å²) in [6, 6.07) is 34.2. The van der Waals surface area contributed by atoms with E-state index in [2.05, 4.69) is 0 Å². The fourth-order valence-electron chi connectivity index (χ4n) is 12.0. The van der Waals surface area contributed by atoms with Crippen molar-refractivity contribution in [3.63, 3.8) is 0 Å². The molecular weight excluding hydrogens is 1510 g/mol. The fraction of sp³-hybridized carbons (Fsp3) is 0.519. The van der Waals surface area contributed by atoms with Gasteiger partial charge >= 0.3 is 225 Å². The molecule has 5 aromatic rings. The number of hydrogen-bond acceptors (Lipinski definition) is 21.